The predicted octanol–water partition coefficient (Wildman–Crippen LogP) is 2.16. The van der Waals surface area contributed by atoms with Crippen molar-refractivity contribution < 1.29 is 9.53 Å². The SMILES string of the molecule is COc1c(P)ccc(C(C)=O)c1Br. The maximum Gasteiger partial charge on any atom is 0.161 e. The lowest BCUT2D eigenvalue weighted by Crippen LogP contribution is -2.04. The van der Waals surface area contributed by atoms with Crippen molar-refractivity contribution in [1.29, 1.82) is 0 Å². The molecule has 1 atom stereocenters. The number of carbonyl (C=O) groups is 1. The van der Waals surface area contributed by atoms with Gasteiger partial charge in [0.25, 0.3) is 0 Å². The lowest BCUT2D eigenvalue weighted by atomic mass is 10.1. The molecule has 1 unspecified atom stereocenters. The van der Waals surface area contributed by atoms with Gasteiger partial charge >= 0.3 is 0 Å². The zero-order valence-electron chi connectivity index (χ0n) is 7.43. The summed E-state index contributed by atoms with van der Waals surface area (Å²) in [6.45, 7) is 1.53. The normalized spacial score (nSPS) is 9.85. The van der Waals surface area contributed by atoms with Crippen molar-refractivity contribution in [3.63, 3.8) is 0 Å². The van der Waals surface area contributed by atoms with Crippen LogP contribution in [0.2, 0.25) is 0 Å². The van der Waals surface area contributed by atoms with Gasteiger partial charge in [-0.25, -0.2) is 0 Å². The Morgan fingerprint density at radius 2 is 2.15 bits per heavy atom. The minimum absolute atomic E-state index is 0.0233. The minimum atomic E-state index is 0.0233. The van der Waals surface area contributed by atoms with E-state index >= 15 is 0 Å². The predicted molar refractivity (Wildman–Crippen MR) is 60.0 cm³/mol. The Balaban J connectivity index is 3.35. The number of halogens is 1. The highest BCUT2D eigenvalue weighted by Crippen LogP contribution is 2.28. The van der Waals surface area contributed by atoms with Crippen LogP contribution in [0.15, 0.2) is 16.6 Å². The lowest BCUT2D eigenvalue weighted by molar-refractivity contribution is 0.101. The molecule has 0 fully saturated rings. The van der Waals surface area contributed by atoms with E-state index in [4.69, 9.17) is 4.74 Å². The number of carbonyl (C=O) groups excluding carboxylic acids is 1. The summed E-state index contributed by atoms with van der Waals surface area (Å²) in [4.78, 5) is 11.2. The molecule has 0 saturated heterocycles. The van der Waals surface area contributed by atoms with Crippen LogP contribution >= 0.6 is 25.2 Å². The molecule has 1 rings (SSSR count). The van der Waals surface area contributed by atoms with Crippen LogP contribution in [0, 0.1) is 0 Å². The molecule has 0 aliphatic heterocycles. The second-order valence-corrected chi connectivity index (χ2v) is 4.02. The third-order valence-corrected chi connectivity index (χ3v) is 2.95. The van der Waals surface area contributed by atoms with Crippen LogP contribution in [-0.4, -0.2) is 12.9 Å². The van der Waals surface area contributed by atoms with Gasteiger partial charge in [0, 0.05) is 10.9 Å². The number of ether oxygens (including phenoxy) is 1. The van der Waals surface area contributed by atoms with Gasteiger partial charge < -0.3 is 4.74 Å². The fourth-order valence-electron chi connectivity index (χ4n) is 1.05. The Labute approximate surface area is 88.0 Å². The van der Waals surface area contributed by atoms with E-state index in [9.17, 15) is 4.79 Å². The number of rotatable bonds is 2. The summed E-state index contributed by atoms with van der Waals surface area (Å²) in [6.07, 6.45) is 0. The molecule has 0 saturated carbocycles. The minimum Gasteiger partial charge on any atom is -0.495 e. The maximum atomic E-state index is 11.2. The van der Waals surface area contributed by atoms with E-state index in [0.29, 0.717) is 11.3 Å². The molecule has 2 nitrogen and oxygen atoms in total. The largest absolute Gasteiger partial charge is 0.495 e. The van der Waals surface area contributed by atoms with Gasteiger partial charge in [0.05, 0.1) is 11.6 Å². The van der Waals surface area contributed by atoms with Gasteiger partial charge in [0.1, 0.15) is 5.75 Å². The van der Waals surface area contributed by atoms with Crippen LogP contribution in [0.1, 0.15) is 17.3 Å². The standard InChI is InChI=1S/C9H10BrO2P/c1-5(11)6-3-4-7(13)9(12-2)8(6)10/h3-4H,13H2,1-2H3. The molecule has 0 spiro atoms. The van der Waals surface area contributed by atoms with E-state index in [0.717, 1.165) is 9.78 Å². The fraction of sp³-hybridized carbons (Fsp3) is 0.222. The Kier molecular flexibility index (Phi) is 3.46. The first kappa shape index (κ1) is 10.7. The molecule has 1 aromatic rings. The molecule has 1 aromatic carbocycles. The highest BCUT2D eigenvalue weighted by atomic mass is 79.9. The molecule has 13 heavy (non-hydrogen) atoms. The van der Waals surface area contributed by atoms with E-state index in [1.807, 2.05) is 6.07 Å². The van der Waals surface area contributed by atoms with Crippen molar-refractivity contribution in [3.05, 3.63) is 22.2 Å². The highest BCUT2D eigenvalue weighted by molar-refractivity contribution is 9.10. The zero-order chi connectivity index (χ0) is 10.0. The van der Waals surface area contributed by atoms with E-state index in [1.165, 1.54) is 6.92 Å². The number of benzene rings is 1. The first-order chi connectivity index (χ1) is 6.07. The fourth-order valence-corrected chi connectivity index (χ4v) is 2.42. The topological polar surface area (TPSA) is 26.3 Å². The Morgan fingerprint density at radius 1 is 1.54 bits per heavy atom. The number of hydrogen-bond donors (Lipinski definition) is 0. The molecule has 4 heteroatoms. The quantitative estimate of drug-likeness (QED) is 0.602. The first-order valence-corrected chi connectivity index (χ1v) is 5.08. The number of ketones is 1. The van der Waals surface area contributed by atoms with Crippen LogP contribution in [0.25, 0.3) is 0 Å². The van der Waals surface area contributed by atoms with Gasteiger partial charge in [-0.05, 0) is 28.9 Å². The first-order valence-electron chi connectivity index (χ1n) is 3.70. The maximum absolute atomic E-state index is 11.2. The second-order valence-electron chi connectivity index (χ2n) is 2.61. The molecule has 0 radical (unpaired) electrons. The average Bonchev–Trinajstić information content (AvgIpc) is 2.04. The number of Topliss-reactive ketones (excluding diaryl/α,β-unsaturated/α-hetero) is 1. The Bertz CT molecular complexity index is 350. The highest BCUT2D eigenvalue weighted by Gasteiger charge is 2.11. The summed E-state index contributed by atoms with van der Waals surface area (Å²) in [5, 5.41) is 0.930. The molecule has 0 amide bonds. The van der Waals surface area contributed by atoms with Gasteiger partial charge in [-0.3, -0.25) is 4.79 Å². The third-order valence-electron chi connectivity index (χ3n) is 1.71. The molecule has 70 valence electrons. The Hall–Kier alpha value is -0.400. The van der Waals surface area contributed by atoms with Crippen molar-refractivity contribution in [2.75, 3.05) is 7.11 Å². The van der Waals surface area contributed by atoms with Crippen LogP contribution in [0.4, 0.5) is 0 Å². The third kappa shape index (κ3) is 2.09. The van der Waals surface area contributed by atoms with Gasteiger partial charge in [-0.1, -0.05) is 6.07 Å². The van der Waals surface area contributed by atoms with Crippen molar-refractivity contribution >= 4 is 36.3 Å². The lowest BCUT2D eigenvalue weighted by Gasteiger charge is -2.09. The van der Waals surface area contributed by atoms with Crippen LogP contribution in [-0.2, 0) is 0 Å². The molecule has 0 heterocycles. The van der Waals surface area contributed by atoms with Crippen molar-refractivity contribution in [2.45, 2.75) is 6.92 Å². The summed E-state index contributed by atoms with van der Waals surface area (Å²) >= 11 is 3.33. The van der Waals surface area contributed by atoms with E-state index in [-0.39, 0.29) is 5.78 Å². The summed E-state index contributed by atoms with van der Waals surface area (Å²) in [5.41, 5.74) is 0.642. The monoisotopic (exact) mass is 260 g/mol. The molecule has 0 N–H and O–H groups in total. The number of hydrogen-bond acceptors (Lipinski definition) is 2. The number of methoxy groups -OCH3 is 1. The van der Waals surface area contributed by atoms with E-state index in [1.54, 1.807) is 13.2 Å². The summed E-state index contributed by atoms with van der Waals surface area (Å²) in [6, 6.07) is 3.61. The Morgan fingerprint density at radius 3 is 2.62 bits per heavy atom. The van der Waals surface area contributed by atoms with Gasteiger partial charge in [0.15, 0.2) is 5.78 Å². The summed E-state index contributed by atoms with van der Waals surface area (Å²) in [7, 11) is 4.14. The summed E-state index contributed by atoms with van der Waals surface area (Å²) < 4.78 is 5.86. The van der Waals surface area contributed by atoms with Crippen molar-refractivity contribution in [3.8, 4) is 5.75 Å². The van der Waals surface area contributed by atoms with Crippen LogP contribution in [0.5, 0.6) is 5.75 Å². The van der Waals surface area contributed by atoms with Gasteiger partial charge in [-0.15, -0.1) is 9.24 Å². The molecule has 0 aromatic heterocycles. The van der Waals surface area contributed by atoms with E-state index < -0.39 is 0 Å². The molecular weight excluding hydrogens is 251 g/mol. The second kappa shape index (κ2) is 4.21. The summed E-state index contributed by atoms with van der Waals surface area (Å²) in [5.74, 6) is 0.716. The molecule has 0 bridgehead atoms. The van der Waals surface area contributed by atoms with E-state index in [2.05, 4.69) is 25.2 Å². The molecule has 0 aliphatic rings. The van der Waals surface area contributed by atoms with Crippen molar-refractivity contribution in [1.82, 2.24) is 0 Å². The van der Waals surface area contributed by atoms with Gasteiger partial charge in [0.2, 0.25) is 0 Å². The van der Waals surface area contributed by atoms with Crippen molar-refractivity contribution in [2.24, 2.45) is 0 Å². The average molecular weight is 261 g/mol. The zero-order valence-corrected chi connectivity index (χ0v) is 10.2. The van der Waals surface area contributed by atoms with Crippen LogP contribution < -0.4 is 10.0 Å². The molecule has 0 aliphatic carbocycles. The van der Waals surface area contributed by atoms with Gasteiger partial charge in [-0.2, -0.15) is 0 Å². The smallest absolute Gasteiger partial charge is 0.161 e. The van der Waals surface area contributed by atoms with Crippen LogP contribution in [0.3, 0.4) is 0 Å². The molecular formula is C9H10BrO2P.